The summed E-state index contributed by atoms with van der Waals surface area (Å²) in [5.41, 5.74) is 2.09. The number of fused-ring (bicyclic) bond motifs is 1. The largest absolute Gasteiger partial charge is 0.291 e. The van der Waals surface area contributed by atoms with Crippen molar-refractivity contribution in [1.29, 1.82) is 0 Å². The molecule has 0 radical (unpaired) electrons. The quantitative estimate of drug-likeness (QED) is 0.463. The molecule has 1 aromatic rings. The first kappa shape index (κ1) is 19.2. The average molecular weight is 377 g/mol. The van der Waals surface area contributed by atoms with Gasteiger partial charge in [0.1, 0.15) is 10.6 Å². The van der Waals surface area contributed by atoms with Gasteiger partial charge in [-0.1, -0.05) is 70.2 Å². The number of thioether (sulfide) groups is 1. The Morgan fingerprint density at radius 3 is 2.68 bits per heavy atom. The number of allylic oxidation sites excluding steroid dienone is 2. The van der Waals surface area contributed by atoms with E-state index in [9.17, 15) is 0 Å². The van der Waals surface area contributed by atoms with Crippen LogP contribution in [-0.4, -0.2) is 19.1 Å². The molecule has 25 heavy (non-hydrogen) atoms. The lowest BCUT2D eigenvalue weighted by Crippen LogP contribution is -2.45. The molecular formula is C21H32N2S2. The van der Waals surface area contributed by atoms with Gasteiger partial charge in [0.25, 0.3) is 0 Å². The van der Waals surface area contributed by atoms with Crippen LogP contribution < -0.4 is 0 Å². The third-order valence-electron chi connectivity index (χ3n) is 6.56. The van der Waals surface area contributed by atoms with Gasteiger partial charge in [-0.15, -0.1) is 0 Å². The number of thiocarbonyl (C=S) groups is 1. The topological polar surface area (TPSA) is 17.8 Å². The predicted octanol–water partition coefficient (Wildman–Crippen LogP) is 6.18. The summed E-state index contributed by atoms with van der Waals surface area (Å²) in [5.74, 6) is 3.14. The Morgan fingerprint density at radius 1 is 1.32 bits per heavy atom. The van der Waals surface area contributed by atoms with Gasteiger partial charge in [-0.3, -0.25) is 4.57 Å². The van der Waals surface area contributed by atoms with Crippen LogP contribution in [0.1, 0.15) is 60.3 Å². The second-order valence-corrected chi connectivity index (χ2v) is 10.7. The first-order chi connectivity index (χ1) is 11.8. The molecule has 1 saturated carbocycles. The number of rotatable bonds is 3. The van der Waals surface area contributed by atoms with Gasteiger partial charge in [-0.25, -0.2) is 4.98 Å². The molecule has 4 atom stereocenters. The van der Waals surface area contributed by atoms with Gasteiger partial charge in [0.2, 0.25) is 0 Å². The fourth-order valence-corrected chi connectivity index (χ4v) is 6.91. The highest BCUT2D eigenvalue weighted by Crippen LogP contribution is 2.57. The Balaban J connectivity index is 1.76. The van der Waals surface area contributed by atoms with E-state index in [0.717, 1.165) is 28.0 Å². The lowest BCUT2D eigenvalue weighted by atomic mass is 9.52. The van der Waals surface area contributed by atoms with Crippen LogP contribution >= 0.6 is 24.0 Å². The summed E-state index contributed by atoms with van der Waals surface area (Å²) >= 11 is 7.48. The zero-order chi connectivity index (χ0) is 18.2. The van der Waals surface area contributed by atoms with Crippen molar-refractivity contribution in [2.24, 2.45) is 29.1 Å². The van der Waals surface area contributed by atoms with Crippen LogP contribution in [0.2, 0.25) is 0 Å². The number of aromatic nitrogens is 2. The predicted molar refractivity (Wildman–Crippen MR) is 113 cm³/mol. The molecule has 0 aromatic carbocycles. The van der Waals surface area contributed by atoms with Crippen molar-refractivity contribution in [3.05, 3.63) is 30.4 Å². The van der Waals surface area contributed by atoms with Crippen molar-refractivity contribution in [1.82, 2.24) is 9.55 Å². The molecule has 0 amide bonds. The van der Waals surface area contributed by atoms with E-state index >= 15 is 0 Å². The highest BCUT2D eigenvalue weighted by molar-refractivity contribution is 8.23. The van der Waals surface area contributed by atoms with Crippen LogP contribution in [0.3, 0.4) is 0 Å². The summed E-state index contributed by atoms with van der Waals surface area (Å²) in [6.45, 7) is 12.2. The van der Waals surface area contributed by atoms with E-state index in [1.54, 1.807) is 11.8 Å². The second-order valence-electron chi connectivity index (χ2n) is 8.78. The van der Waals surface area contributed by atoms with E-state index in [1.165, 1.54) is 25.7 Å². The van der Waals surface area contributed by atoms with Crippen molar-refractivity contribution < 1.29 is 0 Å². The fraction of sp³-hybridized carbons (Fsp3) is 0.714. The number of hydrogen-bond donors (Lipinski definition) is 0. The SMILES string of the molecule is CC(C)C1CC=C2C[C@@H](SC(=S)n3ccnc3)CC[C@]2(C)C1C(C)C. The van der Waals surface area contributed by atoms with E-state index in [0.29, 0.717) is 10.7 Å². The summed E-state index contributed by atoms with van der Waals surface area (Å²) in [6, 6.07) is 0. The van der Waals surface area contributed by atoms with Crippen LogP contribution in [0, 0.1) is 29.1 Å². The van der Waals surface area contributed by atoms with Crippen LogP contribution in [0.15, 0.2) is 30.4 Å². The molecule has 0 spiro atoms. The normalized spacial score (nSPS) is 32.6. The summed E-state index contributed by atoms with van der Waals surface area (Å²) < 4.78 is 2.90. The molecule has 4 heteroatoms. The van der Waals surface area contributed by atoms with Gasteiger partial charge in [0.15, 0.2) is 0 Å². The Morgan fingerprint density at radius 2 is 2.08 bits per heavy atom. The molecule has 3 rings (SSSR count). The Hall–Kier alpha value is -0.610. The van der Waals surface area contributed by atoms with Gasteiger partial charge >= 0.3 is 0 Å². The molecule has 2 aliphatic carbocycles. The first-order valence-electron chi connectivity index (χ1n) is 9.71. The zero-order valence-electron chi connectivity index (χ0n) is 16.2. The number of nitrogens with zero attached hydrogens (tertiary/aromatic N) is 2. The van der Waals surface area contributed by atoms with Crippen molar-refractivity contribution in [2.75, 3.05) is 0 Å². The van der Waals surface area contributed by atoms with E-state index < -0.39 is 0 Å². The van der Waals surface area contributed by atoms with Crippen molar-refractivity contribution in [3.63, 3.8) is 0 Å². The molecule has 1 heterocycles. The number of hydrogen-bond acceptors (Lipinski definition) is 3. The van der Waals surface area contributed by atoms with E-state index in [2.05, 4.69) is 45.7 Å². The van der Waals surface area contributed by atoms with Crippen molar-refractivity contribution in [3.8, 4) is 0 Å². The maximum atomic E-state index is 5.61. The third-order valence-corrected chi connectivity index (χ3v) is 8.21. The van der Waals surface area contributed by atoms with Crippen LogP contribution in [0.5, 0.6) is 0 Å². The molecule has 0 saturated heterocycles. The van der Waals surface area contributed by atoms with Gasteiger partial charge in [0.05, 0.1) is 0 Å². The minimum absolute atomic E-state index is 0.384. The maximum absolute atomic E-state index is 5.61. The molecule has 1 fully saturated rings. The van der Waals surface area contributed by atoms with Gasteiger partial charge < -0.3 is 0 Å². The smallest absolute Gasteiger partial charge is 0.145 e. The second kappa shape index (κ2) is 7.56. The standard InChI is InChI=1S/C21H32N2S2/c1-14(2)18-7-6-16-12-17(25-20(24)23-11-10-22-13-23)8-9-21(16,5)19(18)15(3)4/h6,10-11,13-15,17-19H,7-9,12H2,1-5H3/t17-,18?,19?,21-/m0/s1. The molecule has 2 aliphatic rings. The molecule has 2 nitrogen and oxygen atoms in total. The molecular weight excluding hydrogens is 344 g/mol. The van der Waals surface area contributed by atoms with E-state index in [1.807, 2.05) is 28.9 Å². The highest BCUT2D eigenvalue weighted by Gasteiger charge is 2.48. The Bertz CT molecular complexity index is 632. The fourth-order valence-electron chi connectivity index (χ4n) is 5.38. The van der Waals surface area contributed by atoms with Gasteiger partial charge in [0, 0.05) is 17.6 Å². The lowest BCUT2D eigenvalue weighted by Gasteiger charge is -2.53. The van der Waals surface area contributed by atoms with E-state index in [-0.39, 0.29) is 0 Å². The molecule has 0 N–H and O–H groups in total. The molecule has 0 bridgehead atoms. The van der Waals surface area contributed by atoms with Crippen molar-refractivity contribution >= 4 is 28.3 Å². The van der Waals surface area contributed by atoms with Crippen LogP contribution in [-0.2, 0) is 0 Å². The van der Waals surface area contributed by atoms with Gasteiger partial charge in [-0.2, -0.15) is 0 Å². The minimum Gasteiger partial charge on any atom is -0.291 e. The van der Waals surface area contributed by atoms with Gasteiger partial charge in [-0.05, 0) is 54.8 Å². The lowest BCUT2D eigenvalue weighted by molar-refractivity contribution is 0.0455. The molecule has 138 valence electrons. The van der Waals surface area contributed by atoms with Crippen LogP contribution in [0.25, 0.3) is 0 Å². The Kier molecular flexibility index (Phi) is 5.79. The molecule has 1 aromatic heterocycles. The minimum atomic E-state index is 0.384. The molecule has 0 aliphatic heterocycles. The Labute approximate surface area is 162 Å². The zero-order valence-corrected chi connectivity index (χ0v) is 17.9. The summed E-state index contributed by atoms with van der Waals surface area (Å²) in [4.78, 5) is 4.12. The first-order valence-corrected chi connectivity index (χ1v) is 11.0. The maximum Gasteiger partial charge on any atom is 0.145 e. The summed E-state index contributed by atoms with van der Waals surface area (Å²) in [6.07, 6.45) is 13.2. The third kappa shape index (κ3) is 3.75. The van der Waals surface area contributed by atoms with Crippen LogP contribution in [0.4, 0.5) is 0 Å². The highest BCUT2D eigenvalue weighted by atomic mass is 32.2. The van der Waals surface area contributed by atoms with Crippen molar-refractivity contribution in [2.45, 2.75) is 65.6 Å². The number of imidazole rings is 1. The van der Waals surface area contributed by atoms with E-state index in [4.69, 9.17) is 12.2 Å². The molecule has 2 unspecified atom stereocenters. The summed E-state index contributed by atoms with van der Waals surface area (Å²) in [5, 5.41) is 0.609. The summed E-state index contributed by atoms with van der Waals surface area (Å²) in [7, 11) is 0. The average Bonchev–Trinajstić information content (AvgIpc) is 3.08. The monoisotopic (exact) mass is 376 g/mol.